The number of Topliss-reactive ketones (excluding diaryl/α,β-unsaturated/α-hetero) is 1. The Hall–Kier alpha value is -1.02. The number of carboxylic acids is 1. The van der Waals surface area contributed by atoms with Crippen molar-refractivity contribution in [2.75, 3.05) is 20.4 Å². The van der Waals surface area contributed by atoms with Crippen LogP contribution < -0.4 is 0 Å². The number of aliphatic hydroxyl groups is 1. The molecule has 0 aromatic rings. The molecule has 0 saturated heterocycles. The van der Waals surface area contributed by atoms with E-state index < -0.39 is 20.4 Å². The fourth-order valence-corrected chi connectivity index (χ4v) is 8.71. The number of hydrogen-bond donors (Lipinski definition) is 2. The van der Waals surface area contributed by atoms with Gasteiger partial charge >= 0.3 is 14.5 Å². The van der Waals surface area contributed by atoms with Gasteiger partial charge in [-0.2, -0.15) is 0 Å². The van der Waals surface area contributed by atoms with Gasteiger partial charge in [-0.15, -0.1) is 0 Å². The molecule has 0 aromatic carbocycles. The Morgan fingerprint density at radius 1 is 1.04 bits per heavy atom. The maximum absolute atomic E-state index is 13.1. The third kappa shape index (κ3) is 2.85. The lowest BCUT2D eigenvalue weighted by molar-refractivity contribution is -0.151. The van der Waals surface area contributed by atoms with Crippen molar-refractivity contribution in [3.8, 4) is 0 Å². The third-order valence-electron chi connectivity index (χ3n) is 8.05. The molecule has 4 rings (SSSR count). The van der Waals surface area contributed by atoms with Crippen LogP contribution in [0.3, 0.4) is 0 Å². The lowest BCUT2D eigenvalue weighted by Crippen LogP contribution is -2.45. The van der Waals surface area contributed by atoms with Crippen LogP contribution in [0.15, 0.2) is 12.2 Å². The van der Waals surface area contributed by atoms with Crippen LogP contribution in [0.25, 0.3) is 0 Å². The van der Waals surface area contributed by atoms with Gasteiger partial charge in [-0.1, -0.05) is 12.2 Å². The smallest absolute Gasteiger partial charge is 0.364 e. The fourth-order valence-electron chi connectivity index (χ4n) is 7.01. The summed E-state index contributed by atoms with van der Waals surface area (Å²) in [6.07, 6.45) is 7.44. The highest BCUT2D eigenvalue weighted by Gasteiger charge is 2.67. The van der Waals surface area contributed by atoms with Gasteiger partial charge in [-0.3, -0.25) is 9.59 Å². The van der Waals surface area contributed by atoms with Gasteiger partial charge in [0.2, 0.25) is 0 Å². The van der Waals surface area contributed by atoms with E-state index in [1.807, 2.05) is 0 Å². The zero-order valence-electron chi connectivity index (χ0n) is 16.0. The summed E-state index contributed by atoms with van der Waals surface area (Å²) in [7, 11) is 0.436. The van der Waals surface area contributed by atoms with Crippen molar-refractivity contribution in [1.29, 1.82) is 0 Å². The third-order valence-corrected chi connectivity index (χ3v) is 11.1. The molecule has 0 amide bonds. The van der Waals surface area contributed by atoms with Crippen LogP contribution in [0.2, 0.25) is 6.04 Å². The van der Waals surface area contributed by atoms with Gasteiger partial charge < -0.3 is 19.1 Å². The normalized spacial score (nSPS) is 41.3. The number of aliphatic hydroxyl groups excluding tert-OH is 1. The van der Waals surface area contributed by atoms with Crippen LogP contribution in [-0.2, 0) is 18.4 Å². The summed E-state index contributed by atoms with van der Waals surface area (Å²) in [5, 5.41) is 19.4. The molecule has 4 bridgehead atoms. The zero-order valence-corrected chi connectivity index (χ0v) is 17.0. The van der Waals surface area contributed by atoms with Crippen molar-refractivity contribution in [3.63, 3.8) is 0 Å². The minimum atomic E-state index is -2.63. The molecule has 4 aliphatic carbocycles. The topological polar surface area (TPSA) is 93.1 Å². The Morgan fingerprint density at radius 3 is 2.15 bits per heavy atom. The Bertz CT molecular complexity index is 636. The summed E-state index contributed by atoms with van der Waals surface area (Å²) < 4.78 is 10.8. The minimum absolute atomic E-state index is 0.0909. The van der Waals surface area contributed by atoms with Crippen LogP contribution in [-0.4, -0.2) is 51.0 Å². The highest BCUT2D eigenvalue weighted by Crippen LogP contribution is 2.68. The molecule has 6 nitrogen and oxygen atoms in total. The van der Waals surface area contributed by atoms with Crippen LogP contribution in [0.1, 0.15) is 25.7 Å². The maximum Gasteiger partial charge on any atom is 0.364 e. The summed E-state index contributed by atoms with van der Waals surface area (Å²) in [6, 6.07) is 0.542. The van der Waals surface area contributed by atoms with Gasteiger partial charge in [0.1, 0.15) is 5.78 Å². The van der Waals surface area contributed by atoms with Gasteiger partial charge in [-0.25, -0.2) is 0 Å². The molecule has 0 spiro atoms. The van der Waals surface area contributed by atoms with Gasteiger partial charge in [0, 0.05) is 26.6 Å². The number of aliphatic carboxylic acids is 1. The van der Waals surface area contributed by atoms with Crippen molar-refractivity contribution in [2.45, 2.75) is 31.7 Å². The van der Waals surface area contributed by atoms with E-state index in [0.29, 0.717) is 42.6 Å². The fraction of sp³-hybridized carbons (Fsp3) is 0.800. The van der Waals surface area contributed by atoms with Crippen molar-refractivity contribution in [3.05, 3.63) is 12.2 Å². The van der Waals surface area contributed by atoms with E-state index in [1.54, 1.807) is 0 Å². The summed E-state index contributed by atoms with van der Waals surface area (Å²) in [5.74, 6) is 0.924. The van der Waals surface area contributed by atoms with E-state index in [2.05, 4.69) is 12.2 Å². The van der Waals surface area contributed by atoms with Crippen molar-refractivity contribution in [2.24, 2.45) is 47.3 Å². The second-order valence-corrected chi connectivity index (χ2v) is 12.3. The molecule has 0 heterocycles. The Kier molecular flexibility index (Phi) is 5.07. The van der Waals surface area contributed by atoms with Gasteiger partial charge in [0.15, 0.2) is 0 Å². The second kappa shape index (κ2) is 7.10. The van der Waals surface area contributed by atoms with E-state index in [0.717, 1.165) is 12.8 Å². The highest BCUT2D eigenvalue weighted by atomic mass is 28.4. The largest absolute Gasteiger partial charge is 0.481 e. The molecule has 0 aromatic heterocycles. The minimum Gasteiger partial charge on any atom is -0.481 e. The van der Waals surface area contributed by atoms with Crippen molar-refractivity contribution in [1.82, 2.24) is 0 Å². The van der Waals surface area contributed by atoms with E-state index in [-0.39, 0.29) is 29.8 Å². The van der Waals surface area contributed by atoms with Crippen molar-refractivity contribution >= 4 is 20.3 Å². The first-order chi connectivity index (χ1) is 13.0. The molecule has 8 unspecified atom stereocenters. The lowest BCUT2D eigenvalue weighted by atomic mass is 9.63. The SMILES string of the molecule is CO[Si](CO)(CCCC(=O)C1C2CC(C1C(=O)O)C1C3C=CC(C3)C21)OC. The number of rotatable bonds is 9. The van der Waals surface area contributed by atoms with Gasteiger partial charge in [0.05, 0.1) is 12.1 Å². The first kappa shape index (κ1) is 19.3. The summed E-state index contributed by atoms with van der Waals surface area (Å²) >= 11 is 0. The number of allylic oxidation sites excluding steroid dienone is 2. The molecule has 4 aliphatic rings. The molecule has 8 atom stereocenters. The average molecular weight is 395 g/mol. The standard InChI is InChI=1S/C20H30O6Si/c1-25-27(10-21,26-2)7-3-4-15(22)18-13-9-14(19(18)20(23)24)17-12-6-5-11(8-12)16(13)17/h5-6,11-14,16-19,21H,3-4,7-10H2,1-2H3,(H,23,24). The van der Waals surface area contributed by atoms with Crippen LogP contribution in [0.4, 0.5) is 0 Å². The molecule has 0 aliphatic heterocycles. The molecule has 7 heteroatoms. The van der Waals surface area contributed by atoms with Crippen LogP contribution in [0.5, 0.6) is 0 Å². The van der Waals surface area contributed by atoms with E-state index >= 15 is 0 Å². The van der Waals surface area contributed by atoms with Gasteiger partial charge in [0.25, 0.3) is 0 Å². The number of fused-ring (bicyclic) bond motifs is 9. The predicted octanol–water partition coefficient (Wildman–Crippen LogP) is 2.01. The number of carbonyl (C=O) groups excluding carboxylic acids is 1. The first-order valence-electron chi connectivity index (χ1n) is 10.1. The zero-order chi connectivity index (χ0) is 19.3. The van der Waals surface area contributed by atoms with E-state index in [9.17, 15) is 19.8 Å². The second-order valence-electron chi connectivity index (χ2n) is 8.85. The number of hydrogen-bond acceptors (Lipinski definition) is 5. The number of carbonyl (C=O) groups is 2. The monoisotopic (exact) mass is 394 g/mol. The quantitative estimate of drug-likeness (QED) is 0.353. The van der Waals surface area contributed by atoms with Crippen molar-refractivity contribution < 1.29 is 28.7 Å². The summed E-state index contributed by atoms with van der Waals surface area (Å²) in [5.41, 5.74) is 0. The number of ketones is 1. The molecular formula is C20H30O6Si. The molecule has 0 radical (unpaired) electrons. The number of carboxylic acid groups (broad SMARTS) is 1. The predicted molar refractivity (Wildman–Crippen MR) is 99.8 cm³/mol. The van der Waals surface area contributed by atoms with Crippen LogP contribution >= 0.6 is 0 Å². The average Bonchev–Trinajstić information content (AvgIpc) is 3.43. The maximum atomic E-state index is 13.1. The lowest BCUT2D eigenvalue weighted by Gasteiger charge is -2.39. The molecular weight excluding hydrogens is 364 g/mol. The Balaban J connectivity index is 1.45. The van der Waals surface area contributed by atoms with Gasteiger partial charge in [-0.05, 0) is 60.8 Å². The Labute approximate surface area is 161 Å². The first-order valence-corrected chi connectivity index (χ1v) is 12.3. The molecule has 27 heavy (non-hydrogen) atoms. The molecule has 3 fully saturated rings. The summed E-state index contributed by atoms with van der Waals surface area (Å²) in [4.78, 5) is 25.1. The van der Waals surface area contributed by atoms with E-state index in [4.69, 9.17) is 8.85 Å². The molecule has 2 N–H and O–H groups in total. The van der Waals surface area contributed by atoms with E-state index in [1.165, 1.54) is 14.2 Å². The summed E-state index contributed by atoms with van der Waals surface area (Å²) in [6.45, 7) is 0. The molecule has 150 valence electrons. The molecule has 3 saturated carbocycles. The van der Waals surface area contributed by atoms with Crippen LogP contribution in [0, 0.1) is 47.3 Å². The Morgan fingerprint density at radius 2 is 1.63 bits per heavy atom. The highest BCUT2D eigenvalue weighted by molar-refractivity contribution is 6.67.